The monoisotopic (exact) mass is 453 g/mol. The molecule has 1 aliphatic heterocycles. The topological polar surface area (TPSA) is 78.8 Å². The number of thiophene rings is 1. The fourth-order valence-electron chi connectivity index (χ4n) is 3.57. The van der Waals surface area contributed by atoms with Crippen LogP contribution in [0.3, 0.4) is 0 Å². The third kappa shape index (κ3) is 4.55. The number of nitrogens with zero attached hydrogens (tertiary/aromatic N) is 2. The van der Waals surface area contributed by atoms with E-state index in [1.165, 1.54) is 11.3 Å². The van der Waals surface area contributed by atoms with E-state index in [4.69, 9.17) is 5.10 Å². The highest BCUT2D eigenvalue weighted by molar-refractivity contribution is 7.92. The van der Waals surface area contributed by atoms with Crippen LogP contribution < -0.4 is 4.72 Å². The van der Waals surface area contributed by atoms with Crippen molar-refractivity contribution in [2.75, 3.05) is 10.5 Å². The Morgan fingerprint density at radius 3 is 2.52 bits per heavy atom. The SMILES string of the molecule is CCS(=O)(=O)Nc1ccc(C2=NN(C(=O)c3cccs3)[C@H](c3ccccc3C)C2)cc1. The lowest BCUT2D eigenvalue weighted by Gasteiger charge is -2.23. The highest BCUT2D eigenvalue weighted by Gasteiger charge is 2.34. The molecule has 31 heavy (non-hydrogen) atoms. The van der Waals surface area contributed by atoms with Gasteiger partial charge in [-0.3, -0.25) is 9.52 Å². The molecular formula is C23H23N3O3S2. The van der Waals surface area contributed by atoms with Gasteiger partial charge < -0.3 is 0 Å². The molecule has 8 heteroatoms. The average Bonchev–Trinajstić information content (AvgIpc) is 3.45. The molecule has 1 aliphatic rings. The van der Waals surface area contributed by atoms with Crippen LogP contribution in [0, 0.1) is 6.92 Å². The van der Waals surface area contributed by atoms with E-state index in [0.717, 1.165) is 22.4 Å². The first-order valence-electron chi connectivity index (χ1n) is 9.99. The quantitative estimate of drug-likeness (QED) is 0.582. The molecule has 0 saturated carbocycles. The van der Waals surface area contributed by atoms with Gasteiger partial charge in [-0.2, -0.15) is 5.10 Å². The first-order valence-corrected chi connectivity index (χ1v) is 12.5. The number of aryl methyl sites for hydroxylation is 1. The Morgan fingerprint density at radius 1 is 1.13 bits per heavy atom. The first kappa shape index (κ1) is 21.3. The van der Waals surface area contributed by atoms with E-state index in [2.05, 4.69) is 4.72 Å². The number of hydrazone groups is 1. The van der Waals surface area contributed by atoms with Crippen molar-refractivity contribution in [3.63, 3.8) is 0 Å². The van der Waals surface area contributed by atoms with Crippen LogP contribution in [-0.2, 0) is 10.0 Å². The van der Waals surface area contributed by atoms with Crippen molar-refractivity contribution < 1.29 is 13.2 Å². The van der Waals surface area contributed by atoms with Gasteiger partial charge in [0.05, 0.1) is 22.4 Å². The molecule has 3 aromatic rings. The van der Waals surface area contributed by atoms with E-state index >= 15 is 0 Å². The number of carbonyl (C=O) groups is 1. The second-order valence-corrected chi connectivity index (χ2v) is 10.3. The molecule has 1 amide bonds. The molecule has 0 spiro atoms. The largest absolute Gasteiger partial charge is 0.284 e. The molecule has 0 fully saturated rings. The van der Waals surface area contributed by atoms with Crippen LogP contribution >= 0.6 is 11.3 Å². The second kappa shape index (κ2) is 8.64. The molecule has 1 N–H and O–H groups in total. The Kier molecular flexibility index (Phi) is 5.93. The van der Waals surface area contributed by atoms with Crippen LogP contribution in [0.5, 0.6) is 0 Å². The zero-order valence-electron chi connectivity index (χ0n) is 17.3. The third-order valence-corrected chi connectivity index (χ3v) is 7.43. The number of sulfonamides is 1. The number of nitrogens with one attached hydrogen (secondary N) is 1. The van der Waals surface area contributed by atoms with Gasteiger partial charge in [0.25, 0.3) is 5.91 Å². The van der Waals surface area contributed by atoms with Crippen LogP contribution in [0.25, 0.3) is 0 Å². The smallest absolute Gasteiger partial charge is 0.284 e. The number of rotatable bonds is 6. The summed E-state index contributed by atoms with van der Waals surface area (Å²) >= 11 is 1.40. The van der Waals surface area contributed by atoms with Crippen molar-refractivity contribution >= 4 is 38.7 Å². The second-order valence-electron chi connectivity index (χ2n) is 7.33. The summed E-state index contributed by atoms with van der Waals surface area (Å²) in [6.07, 6.45) is 0.585. The Hall–Kier alpha value is -2.97. The van der Waals surface area contributed by atoms with Crippen molar-refractivity contribution in [1.82, 2.24) is 5.01 Å². The zero-order valence-corrected chi connectivity index (χ0v) is 18.9. The van der Waals surface area contributed by atoms with Crippen LogP contribution in [0.1, 0.15) is 45.7 Å². The summed E-state index contributed by atoms with van der Waals surface area (Å²) in [5.74, 6) is -0.107. The molecule has 1 atom stereocenters. The summed E-state index contributed by atoms with van der Waals surface area (Å²) in [5, 5.41) is 8.16. The van der Waals surface area contributed by atoms with Gasteiger partial charge in [-0.1, -0.05) is 42.5 Å². The fraction of sp³-hybridized carbons (Fsp3) is 0.217. The number of hydrogen-bond donors (Lipinski definition) is 1. The summed E-state index contributed by atoms with van der Waals surface area (Å²) in [6, 6.07) is 18.6. The van der Waals surface area contributed by atoms with Gasteiger partial charge >= 0.3 is 0 Å². The highest BCUT2D eigenvalue weighted by atomic mass is 32.2. The molecule has 0 radical (unpaired) electrons. The predicted octanol–water partition coefficient (Wildman–Crippen LogP) is 4.81. The van der Waals surface area contributed by atoms with Crippen molar-refractivity contribution in [3.8, 4) is 0 Å². The number of benzene rings is 2. The summed E-state index contributed by atoms with van der Waals surface area (Å²) in [4.78, 5) is 13.8. The van der Waals surface area contributed by atoms with Gasteiger partial charge in [-0.25, -0.2) is 13.4 Å². The Balaban J connectivity index is 1.66. The maximum Gasteiger partial charge on any atom is 0.284 e. The minimum Gasteiger partial charge on any atom is -0.284 e. The fourth-order valence-corrected chi connectivity index (χ4v) is 4.87. The van der Waals surface area contributed by atoms with Gasteiger partial charge in [-0.05, 0) is 54.1 Å². The minimum absolute atomic E-state index is 0.0133. The van der Waals surface area contributed by atoms with Crippen molar-refractivity contribution in [2.45, 2.75) is 26.3 Å². The van der Waals surface area contributed by atoms with Crippen molar-refractivity contribution in [3.05, 3.63) is 87.6 Å². The number of hydrogen-bond acceptors (Lipinski definition) is 5. The molecule has 0 saturated heterocycles. The summed E-state index contributed by atoms with van der Waals surface area (Å²) in [6.45, 7) is 3.63. The van der Waals surface area contributed by atoms with E-state index in [9.17, 15) is 13.2 Å². The first-order chi connectivity index (χ1) is 14.9. The van der Waals surface area contributed by atoms with Crippen LogP contribution in [0.15, 0.2) is 71.1 Å². The lowest BCUT2D eigenvalue weighted by molar-refractivity contribution is 0.0716. The molecular weight excluding hydrogens is 430 g/mol. The molecule has 160 valence electrons. The lowest BCUT2D eigenvalue weighted by Crippen LogP contribution is -2.26. The van der Waals surface area contributed by atoms with E-state index < -0.39 is 10.0 Å². The Morgan fingerprint density at radius 2 is 1.87 bits per heavy atom. The molecule has 0 unspecified atom stereocenters. The Labute approximate surface area is 186 Å². The molecule has 2 aromatic carbocycles. The predicted molar refractivity (Wildman–Crippen MR) is 125 cm³/mol. The van der Waals surface area contributed by atoms with Crippen molar-refractivity contribution in [1.29, 1.82) is 0 Å². The molecule has 2 heterocycles. The number of carbonyl (C=O) groups excluding carboxylic acids is 1. The molecule has 6 nitrogen and oxygen atoms in total. The van der Waals surface area contributed by atoms with Gasteiger partial charge in [0.2, 0.25) is 10.0 Å². The van der Waals surface area contributed by atoms with Gasteiger partial charge in [-0.15, -0.1) is 11.3 Å². The average molecular weight is 454 g/mol. The maximum absolute atomic E-state index is 13.2. The van der Waals surface area contributed by atoms with E-state index in [1.54, 1.807) is 24.1 Å². The molecule has 0 bridgehead atoms. The standard InChI is InChI=1S/C23H23N3O3S2/c1-3-31(28,29)25-18-12-10-17(11-13-18)20-15-21(19-8-5-4-7-16(19)2)26(24-20)23(27)22-9-6-14-30-22/h4-14,21,25H,3,15H2,1-2H3/t21-/m0/s1. The van der Waals surface area contributed by atoms with Crippen molar-refractivity contribution in [2.24, 2.45) is 5.10 Å². The van der Waals surface area contributed by atoms with E-state index in [0.29, 0.717) is 17.0 Å². The highest BCUT2D eigenvalue weighted by Crippen LogP contribution is 2.36. The molecule has 1 aromatic heterocycles. The Bertz CT molecular complexity index is 1220. The zero-order chi connectivity index (χ0) is 22.0. The van der Waals surface area contributed by atoms with Gasteiger partial charge in [0.15, 0.2) is 0 Å². The maximum atomic E-state index is 13.2. The minimum atomic E-state index is -3.33. The van der Waals surface area contributed by atoms with Gasteiger partial charge in [0, 0.05) is 12.1 Å². The molecule has 4 rings (SSSR count). The number of anilines is 1. The molecule has 0 aliphatic carbocycles. The summed E-state index contributed by atoms with van der Waals surface area (Å²) < 4.78 is 26.1. The van der Waals surface area contributed by atoms with Crippen LogP contribution in [0.4, 0.5) is 5.69 Å². The third-order valence-electron chi connectivity index (χ3n) is 5.27. The van der Waals surface area contributed by atoms with Gasteiger partial charge in [0.1, 0.15) is 0 Å². The van der Waals surface area contributed by atoms with E-state index in [-0.39, 0.29) is 17.7 Å². The normalized spacial score (nSPS) is 16.3. The van der Waals surface area contributed by atoms with Crippen LogP contribution in [0.2, 0.25) is 0 Å². The number of amides is 1. The summed E-state index contributed by atoms with van der Waals surface area (Å²) in [5.41, 5.74) is 4.34. The summed E-state index contributed by atoms with van der Waals surface area (Å²) in [7, 11) is -3.33. The lowest BCUT2D eigenvalue weighted by atomic mass is 9.95. The van der Waals surface area contributed by atoms with E-state index in [1.807, 2.05) is 60.8 Å². The van der Waals surface area contributed by atoms with Crippen LogP contribution in [-0.4, -0.2) is 30.8 Å².